The Kier molecular flexibility index (Phi) is 4.19. The first kappa shape index (κ1) is 15.1. The lowest BCUT2D eigenvalue weighted by Crippen LogP contribution is -2.39. The van der Waals surface area contributed by atoms with Crippen molar-refractivity contribution in [2.24, 2.45) is 0 Å². The lowest BCUT2D eigenvalue weighted by molar-refractivity contribution is -0.141. The molecule has 0 unspecified atom stereocenters. The molecule has 0 bridgehead atoms. The van der Waals surface area contributed by atoms with Crippen LogP contribution in [-0.4, -0.2) is 29.3 Å². The number of alkyl halides is 3. The Morgan fingerprint density at radius 3 is 2.45 bits per heavy atom. The second-order valence-electron chi connectivity index (χ2n) is 5.16. The molecule has 0 aromatic carbocycles. The number of hydrogen-bond acceptors (Lipinski definition) is 5. The number of thiophene rings is 1. The number of halogens is 3. The molecule has 0 aliphatic carbocycles. The van der Waals surface area contributed by atoms with Gasteiger partial charge < -0.3 is 10.2 Å². The predicted octanol–water partition coefficient (Wildman–Crippen LogP) is 3.64. The van der Waals surface area contributed by atoms with Crippen LogP contribution in [0.2, 0.25) is 0 Å². The molecule has 3 rings (SSSR count). The first-order valence-corrected chi connectivity index (χ1v) is 7.86. The second-order valence-corrected chi connectivity index (χ2v) is 6.08. The smallest absolute Gasteiger partial charge is 0.366 e. The summed E-state index contributed by atoms with van der Waals surface area (Å²) in [4.78, 5) is 2.32. The lowest BCUT2D eigenvalue weighted by Gasteiger charge is -2.33. The Morgan fingerprint density at radius 2 is 1.91 bits per heavy atom. The summed E-state index contributed by atoms with van der Waals surface area (Å²) in [6, 6.07) is 6.63. The molecule has 0 saturated carbocycles. The van der Waals surface area contributed by atoms with Crippen LogP contribution in [-0.2, 0) is 6.18 Å². The van der Waals surface area contributed by atoms with E-state index in [0.717, 1.165) is 32.0 Å². The van der Waals surface area contributed by atoms with Gasteiger partial charge >= 0.3 is 6.18 Å². The van der Waals surface area contributed by atoms with Crippen molar-refractivity contribution in [3.63, 3.8) is 0 Å². The van der Waals surface area contributed by atoms with Crippen molar-refractivity contribution in [2.75, 3.05) is 23.3 Å². The van der Waals surface area contributed by atoms with Crippen molar-refractivity contribution in [3.8, 4) is 0 Å². The van der Waals surface area contributed by atoms with Crippen molar-refractivity contribution in [2.45, 2.75) is 25.1 Å². The lowest BCUT2D eigenvalue weighted by atomic mass is 10.1. The van der Waals surface area contributed by atoms with Crippen LogP contribution in [0.1, 0.15) is 18.5 Å². The summed E-state index contributed by atoms with van der Waals surface area (Å²) < 4.78 is 37.3. The number of nitrogens with zero attached hydrogens (tertiary/aromatic N) is 3. The van der Waals surface area contributed by atoms with Crippen molar-refractivity contribution in [1.29, 1.82) is 0 Å². The van der Waals surface area contributed by atoms with E-state index in [2.05, 4.69) is 31.9 Å². The standard InChI is InChI=1S/C14H15F3N4S/c15-14(16,17)11-3-4-12(20-19-11)18-10-5-7-21(8-6-10)13-2-1-9-22-13/h1-4,9-10H,5-8H2,(H,18,20). The molecule has 1 aliphatic rings. The summed E-state index contributed by atoms with van der Waals surface area (Å²) >= 11 is 1.72. The molecule has 0 amide bonds. The molecule has 2 aromatic heterocycles. The number of nitrogens with one attached hydrogen (secondary N) is 1. The molecule has 1 aliphatic heterocycles. The van der Waals surface area contributed by atoms with Crippen LogP contribution in [0.15, 0.2) is 29.6 Å². The van der Waals surface area contributed by atoms with E-state index in [1.807, 2.05) is 6.07 Å². The first-order valence-electron chi connectivity index (χ1n) is 6.98. The van der Waals surface area contributed by atoms with Gasteiger partial charge in [0.15, 0.2) is 5.69 Å². The van der Waals surface area contributed by atoms with E-state index in [-0.39, 0.29) is 6.04 Å². The number of piperidine rings is 1. The van der Waals surface area contributed by atoms with Gasteiger partial charge in [-0.3, -0.25) is 0 Å². The molecular weight excluding hydrogens is 313 g/mol. The highest BCUT2D eigenvalue weighted by Crippen LogP contribution is 2.28. The van der Waals surface area contributed by atoms with Crippen LogP contribution >= 0.6 is 11.3 Å². The van der Waals surface area contributed by atoms with Gasteiger partial charge in [-0.1, -0.05) is 0 Å². The number of hydrogen-bond donors (Lipinski definition) is 1. The van der Waals surface area contributed by atoms with Crippen LogP contribution in [0.25, 0.3) is 0 Å². The van der Waals surface area contributed by atoms with E-state index in [1.165, 1.54) is 11.1 Å². The van der Waals surface area contributed by atoms with E-state index < -0.39 is 11.9 Å². The summed E-state index contributed by atoms with van der Waals surface area (Å²) in [5.74, 6) is 0.391. The number of rotatable bonds is 3. The maximum absolute atomic E-state index is 12.4. The molecule has 3 heterocycles. The summed E-state index contributed by atoms with van der Waals surface area (Å²) in [7, 11) is 0. The minimum Gasteiger partial charge on any atom is -0.366 e. The molecule has 118 valence electrons. The third-order valence-corrected chi connectivity index (χ3v) is 4.55. The molecule has 22 heavy (non-hydrogen) atoms. The van der Waals surface area contributed by atoms with E-state index in [9.17, 15) is 13.2 Å². The van der Waals surface area contributed by atoms with E-state index in [0.29, 0.717) is 5.82 Å². The summed E-state index contributed by atoms with van der Waals surface area (Å²) in [6.07, 6.45) is -2.61. The van der Waals surface area contributed by atoms with Gasteiger partial charge in [-0.15, -0.1) is 21.5 Å². The Morgan fingerprint density at radius 1 is 1.14 bits per heavy atom. The fraction of sp³-hybridized carbons (Fsp3) is 0.429. The molecule has 0 radical (unpaired) electrons. The molecule has 1 fully saturated rings. The van der Waals surface area contributed by atoms with Crippen molar-refractivity contribution >= 4 is 22.2 Å². The molecule has 0 atom stereocenters. The van der Waals surface area contributed by atoms with E-state index in [1.54, 1.807) is 11.3 Å². The Balaban J connectivity index is 1.54. The summed E-state index contributed by atoms with van der Waals surface area (Å²) in [6.45, 7) is 1.85. The minimum absolute atomic E-state index is 0.210. The highest BCUT2D eigenvalue weighted by atomic mass is 32.1. The van der Waals surface area contributed by atoms with E-state index in [4.69, 9.17) is 0 Å². The predicted molar refractivity (Wildman–Crippen MR) is 80.2 cm³/mol. The second kappa shape index (κ2) is 6.12. The molecule has 4 nitrogen and oxygen atoms in total. The van der Waals surface area contributed by atoms with Gasteiger partial charge in [0.25, 0.3) is 0 Å². The fourth-order valence-corrected chi connectivity index (χ4v) is 3.25. The molecular formula is C14H15F3N4S. The van der Waals surface area contributed by atoms with Crippen LogP contribution in [0, 0.1) is 0 Å². The fourth-order valence-electron chi connectivity index (χ4n) is 2.46. The van der Waals surface area contributed by atoms with Crippen molar-refractivity contribution < 1.29 is 13.2 Å². The normalized spacial score (nSPS) is 16.8. The SMILES string of the molecule is FC(F)(F)c1ccc(NC2CCN(c3cccs3)CC2)nn1. The van der Waals surface area contributed by atoms with Gasteiger partial charge in [-0.2, -0.15) is 13.2 Å². The third-order valence-electron chi connectivity index (χ3n) is 3.62. The van der Waals surface area contributed by atoms with Gasteiger partial charge in [0.2, 0.25) is 0 Å². The molecule has 2 aromatic rings. The quantitative estimate of drug-likeness (QED) is 0.934. The van der Waals surface area contributed by atoms with Gasteiger partial charge in [0.1, 0.15) is 5.82 Å². The summed E-state index contributed by atoms with van der Waals surface area (Å²) in [5.41, 5.74) is -0.967. The van der Waals surface area contributed by atoms with Crippen LogP contribution in [0.5, 0.6) is 0 Å². The molecule has 0 spiro atoms. The van der Waals surface area contributed by atoms with Crippen LogP contribution < -0.4 is 10.2 Å². The number of anilines is 2. The summed E-state index contributed by atoms with van der Waals surface area (Å²) in [5, 5.41) is 13.3. The van der Waals surface area contributed by atoms with Gasteiger partial charge in [-0.25, -0.2) is 0 Å². The van der Waals surface area contributed by atoms with Gasteiger partial charge in [0, 0.05) is 19.1 Å². The highest BCUT2D eigenvalue weighted by Gasteiger charge is 2.33. The third kappa shape index (κ3) is 3.49. The maximum atomic E-state index is 12.4. The molecule has 1 N–H and O–H groups in total. The zero-order valence-corrected chi connectivity index (χ0v) is 12.5. The highest BCUT2D eigenvalue weighted by molar-refractivity contribution is 7.14. The Bertz CT molecular complexity index is 590. The Hall–Kier alpha value is -1.83. The maximum Gasteiger partial charge on any atom is 0.435 e. The molecule has 8 heteroatoms. The van der Waals surface area contributed by atoms with Crippen molar-refractivity contribution in [1.82, 2.24) is 10.2 Å². The Labute approximate surface area is 130 Å². The average molecular weight is 328 g/mol. The van der Waals surface area contributed by atoms with Crippen LogP contribution in [0.3, 0.4) is 0 Å². The largest absolute Gasteiger partial charge is 0.435 e. The van der Waals surface area contributed by atoms with Crippen molar-refractivity contribution in [3.05, 3.63) is 35.3 Å². The zero-order chi connectivity index (χ0) is 15.6. The van der Waals surface area contributed by atoms with Gasteiger partial charge in [-0.05, 0) is 42.5 Å². The van der Waals surface area contributed by atoms with E-state index >= 15 is 0 Å². The number of aromatic nitrogens is 2. The first-order chi connectivity index (χ1) is 10.5. The monoisotopic (exact) mass is 328 g/mol. The average Bonchev–Trinajstić information content (AvgIpc) is 3.02. The van der Waals surface area contributed by atoms with Crippen LogP contribution in [0.4, 0.5) is 24.0 Å². The zero-order valence-electron chi connectivity index (χ0n) is 11.7. The topological polar surface area (TPSA) is 41.0 Å². The minimum atomic E-state index is -4.45. The molecule has 1 saturated heterocycles. The van der Waals surface area contributed by atoms with Gasteiger partial charge in [0.05, 0.1) is 5.00 Å².